The number of rotatable bonds is 2. The lowest BCUT2D eigenvalue weighted by atomic mass is 10.3. The fourth-order valence-corrected chi connectivity index (χ4v) is 1.44. The molecule has 0 atom stereocenters. The largest absolute Gasteiger partial charge is 0.393 e. The molecule has 82 valence electrons. The van der Waals surface area contributed by atoms with Gasteiger partial charge in [0, 0.05) is 10.2 Å². The normalized spacial score (nSPS) is 10.1. The van der Waals surface area contributed by atoms with Crippen LogP contribution in [0, 0.1) is 0 Å². The predicted octanol–water partition coefficient (Wildman–Crippen LogP) is 2.15. The zero-order valence-corrected chi connectivity index (χ0v) is 9.90. The summed E-state index contributed by atoms with van der Waals surface area (Å²) in [6.45, 7) is 0. The molecule has 1 aromatic heterocycles. The molecule has 1 heterocycles. The predicted molar refractivity (Wildman–Crippen MR) is 68.3 cm³/mol. The Bertz CT molecular complexity index is 497. The van der Waals surface area contributed by atoms with E-state index in [1.807, 2.05) is 24.3 Å². The van der Waals surface area contributed by atoms with Crippen molar-refractivity contribution in [3.63, 3.8) is 0 Å². The van der Waals surface area contributed by atoms with Crippen molar-refractivity contribution in [1.82, 2.24) is 9.97 Å². The molecular weight excluding hydrogens is 270 g/mol. The van der Waals surface area contributed by atoms with Gasteiger partial charge in [0.25, 0.3) is 0 Å². The molecule has 1 aromatic carbocycles. The van der Waals surface area contributed by atoms with Crippen LogP contribution < -0.4 is 16.8 Å². The topological polar surface area (TPSA) is 89.8 Å². The molecule has 0 unspecified atom stereocenters. The zero-order chi connectivity index (χ0) is 11.5. The minimum absolute atomic E-state index is 0.273. The number of halogens is 1. The van der Waals surface area contributed by atoms with Gasteiger partial charge in [0.1, 0.15) is 12.0 Å². The molecule has 0 aliphatic heterocycles. The van der Waals surface area contributed by atoms with E-state index in [9.17, 15) is 0 Å². The Hall–Kier alpha value is -1.82. The maximum atomic E-state index is 5.74. The summed E-state index contributed by atoms with van der Waals surface area (Å²) in [4.78, 5) is 7.81. The first kappa shape index (κ1) is 10.7. The Kier molecular flexibility index (Phi) is 2.91. The van der Waals surface area contributed by atoms with E-state index in [1.165, 1.54) is 6.33 Å². The van der Waals surface area contributed by atoms with Crippen molar-refractivity contribution in [2.75, 3.05) is 16.8 Å². The summed E-state index contributed by atoms with van der Waals surface area (Å²) in [6.07, 6.45) is 1.37. The van der Waals surface area contributed by atoms with Gasteiger partial charge in [0.05, 0.1) is 0 Å². The van der Waals surface area contributed by atoms with Gasteiger partial charge >= 0.3 is 0 Å². The van der Waals surface area contributed by atoms with Gasteiger partial charge in [-0.2, -0.15) is 0 Å². The summed E-state index contributed by atoms with van der Waals surface area (Å²) < 4.78 is 1.01. The molecule has 0 spiro atoms. The molecule has 0 fully saturated rings. The van der Waals surface area contributed by atoms with Gasteiger partial charge in [0.15, 0.2) is 11.6 Å². The molecule has 2 rings (SSSR count). The number of anilines is 4. The lowest BCUT2D eigenvalue weighted by molar-refractivity contribution is 1.18. The van der Waals surface area contributed by atoms with Crippen LogP contribution in [0.4, 0.5) is 23.0 Å². The number of hydrogen-bond acceptors (Lipinski definition) is 5. The Balaban J connectivity index is 2.27. The quantitative estimate of drug-likeness (QED) is 0.784. The molecule has 5 N–H and O–H groups in total. The maximum Gasteiger partial charge on any atom is 0.159 e. The van der Waals surface area contributed by atoms with Crippen LogP contribution in [0.15, 0.2) is 35.1 Å². The molecule has 5 nitrogen and oxygen atoms in total. The van der Waals surface area contributed by atoms with E-state index >= 15 is 0 Å². The van der Waals surface area contributed by atoms with Crippen LogP contribution in [0.25, 0.3) is 0 Å². The minimum atomic E-state index is 0.273. The summed E-state index contributed by atoms with van der Waals surface area (Å²) in [5.41, 5.74) is 12.5. The van der Waals surface area contributed by atoms with Crippen LogP contribution in [0.5, 0.6) is 0 Å². The van der Waals surface area contributed by atoms with Gasteiger partial charge in [-0.05, 0) is 24.3 Å². The Labute approximate surface area is 101 Å². The lowest BCUT2D eigenvalue weighted by Gasteiger charge is -2.08. The van der Waals surface area contributed by atoms with Crippen molar-refractivity contribution in [3.05, 3.63) is 35.1 Å². The van der Waals surface area contributed by atoms with Crippen LogP contribution >= 0.6 is 15.9 Å². The maximum absolute atomic E-state index is 5.74. The van der Waals surface area contributed by atoms with Crippen molar-refractivity contribution < 1.29 is 0 Å². The van der Waals surface area contributed by atoms with Gasteiger partial charge in [-0.15, -0.1) is 0 Å². The van der Waals surface area contributed by atoms with Gasteiger partial charge in [-0.25, -0.2) is 9.97 Å². The van der Waals surface area contributed by atoms with E-state index in [0.29, 0.717) is 11.5 Å². The second kappa shape index (κ2) is 4.36. The van der Waals surface area contributed by atoms with Crippen LogP contribution in [0.3, 0.4) is 0 Å². The van der Waals surface area contributed by atoms with Crippen LogP contribution in [-0.2, 0) is 0 Å². The Morgan fingerprint density at radius 3 is 2.44 bits per heavy atom. The van der Waals surface area contributed by atoms with Crippen molar-refractivity contribution in [2.24, 2.45) is 0 Å². The Morgan fingerprint density at radius 2 is 1.75 bits per heavy atom. The summed E-state index contributed by atoms with van der Waals surface area (Å²) in [5.74, 6) is 0.782. The summed E-state index contributed by atoms with van der Waals surface area (Å²) in [6, 6.07) is 7.65. The van der Waals surface area contributed by atoms with E-state index < -0.39 is 0 Å². The summed E-state index contributed by atoms with van der Waals surface area (Å²) in [5, 5.41) is 3.06. The zero-order valence-electron chi connectivity index (χ0n) is 8.31. The molecule has 16 heavy (non-hydrogen) atoms. The second-order valence-electron chi connectivity index (χ2n) is 3.15. The first-order chi connectivity index (χ1) is 7.66. The molecule has 0 radical (unpaired) electrons. The summed E-state index contributed by atoms with van der Waals surface area (Å²) >= 11 is 3.36. The third-order valence-corrected chi connectivity index (χ3v) is 2.55. The number of nitrogen functional groups attached to an aromatic ring is 2. The van der Waals surface area contributed by atoms with Crippen molar-refractivity contribution in [2.45, 2.75) is 0 Å². The highest BCUT2D eigenvalue weighted by Gasteiger charge is 2.04. The number of nitrogens with one attached hydrogen (secondary N) is 1. The van der Waals surface area contributed by atoms with E-state index in [1.54, 1.807) is 0 Å². The average molecular weight is 280 g/mol. The number of aromatic nitrogens is 2. The van der Waals surface area contributed by atoms with Gasteiger partial charge < -0.3 is 16.8 Å². The van der Waals surface area contributed by atoms with Gasteiger partial charge in [-0.1, -0.05) is 15.9 Å². The fraction of sp³-hybridized carbons (Fsp3) is 0. The highest BCUT2D eigenvalue weighted by molar-refractivity contribution is 9.10. The standard InChI is InChI=1S/C10H10BrN5/c11-6-1-3-7(4-2-6)16-10-8(12)9(13)14-5-15-10/h1-5H,12H2,(H3,13,14,15,16). The molecule has 0 saturated carbocycles. The van der Waals surface area contributed by atoms with Crippen molar-refractivity contribution >= 4 is 38.9 Å². The average Bonchev–Trinajstić information content (AvgIpc) is 2.28. The van der Waals surface area contributed by atoms with Gasteiger partial charge in [0.2, 0.25) is 0 Å². The van der Waals surface area contributed by atoms with E-state index in [-0.39, 0.29) is 5.82 Å². The van der Waals surface area contributed by atoms with E-state index in [2.05, 4.69) is 31.2 Å². The first-order valence-electron chi connectivity index (χ1n) is 4.55. The number of nitrogens with zero attached hydrogens (tertiary/aromatic N) is 2. The van der Waals surface area contributed by atoms with Crippen molar-refractivity contribution in [3.8, 4) is 0 Å². The van der Waals surface area contributed by atoms with Crippen LogP contribution in [0.1, 0.15) is 0 Å². The number of nitrogens with two attached hydrogens (primary N) is 2. The lowest BCUT2D eigenvalue weighted by Crippen LogP contribution is -2.04. The van der Waals surface area contributed by atoms with Crippen LogP contribution in [0.2, 0.25) is 0 Å². The van der Waals surface area contributed by atoms with Crippen molar-refractivity contribution in [1.29, 1.82) is 0 Å². The van der Waals surface area contributed by atoms with Gasteiger partial charge in [-0.3, -0.25) is 0 Å². The summed E-state index contributed by atoms with van der Waals surface area (Å²) in [7, 11) is 0. The molecular formula is C10H10BrN5. The third kappa shape index (κ3) is 2.22. The first-order valence-corrected chi connectivity index (χ1v) is 5.34. The Morgan fingerprint density at radius 1 is 1.06 bits per heavy atom. The van der Waals surface area contributed by atoms with Crippen LogP contribution in [-0.4, -0.2) is 9.97 Å². The fourth-order valence-electron chi connectivity index (χ4n) is 1.18. The monoisotopic (exact) mass is 279 g/mol. The third-order valence-electron chi connectivity index (χ3n) is 2.02. The molecule has 0 aliphatic carbocycles. The molecule has 0 aliphatic rings. The molecule has 2 aromatic rings. The molecule has 0 saturated heterocycles. The molecule has 0 bridgehead atoms. The van der Waals surface area contributed by atoms with E-state index in [4.69, 9.17) is 11.5 Å². The number of benzene rings is 1. The highest BCUT2D eigenvalue weighted by Crippen LogP contribution is 2.24. The van der Waals surface area contributed by atoms with E-state index in [0.717, 1.165) is 10.2 Å². The smallest absolute Gasteiger partial charge is 0.159 e. The molecule has 6 heteroatoms. The molecule has 0 amide bonds. The number of hydrogen-bond donors (Lipinski definition) is 3. The SMILES string of the molecule is Nc1ncnc(Nc2ccc(Br)cc2)c1N. The highest BCUT2D eigenvalue weighted by atomic mass is 79.9. The minimum Gasteiger partial charge on any atom is -0.393 e. The second-order valence-corrected chi connectivity index (χ2v) is 4.07.